The summed E-state index contributed by atoms with van der Waals surface area (Å²) in [5, 5.41) is 3.49. The van der Waals surface area contributed by atoms with Gasteiger partial charge < -0.3 is 5.32 Å². The van der Waals surface area contributed by atoms with Crippen molar-refractivity contribution in [3.63, 3.8) is 0 Å². The molecule has 0 radical (unpaired) electrons. The second-order valence-corrected chi connectivity index (χ2v) is 7.00. The summed E-state index contributed by atoms with van der Waals surface area (Å²) in [6.07, 6.45) is 2.56. The van der Waals surface area contributed by atoms with Crippen LogP contribution in [0.15, 0.2) is 18.2 Å². The summed E-state index contributed by atoms with van der Waals surface area (Å²) in [7, 11) is 0. The molecule has 0 atom stereocenters. The van der Waals surface area contributed by atoms with E-state index in [0.29, 0.717) is 24.5 Å². The average molecular weight is 292 g/mol. The summed E-state index contributed by atoms with van der Waals surface area (Å²) in [4.78, 5) is 2.35. The van der Waals surface area contributed by atoms with Gasteiger partial charge in [0.2, 0.25) is 0 Å². The van der Waals surface area contributed by atoms with E-state index in [4.69, 9.17) is 0 Å². The lowest BCUT2D eigenvalue weighted by Crippen LogP contribution is -2.34. The van der Waals surface area contributed by atoms with Crippen LogP contribution in [-0.4, -0.2) is 23.5 Å². The summed E-state index contributed by atoms with van der Waals surface area (Å²) in [6.45, 7) is 11.3. The molecule has 0 amide bonds. The Morgan fingerprint density at radius 1 is 1.24 bits per heavy atom. The molecule has 21 heavy (non-hydrogen) atoms. The number of benzene rings is 1. The van der Waals surface area contributed by atoms with Gasteiger partial charge in [-0.05, 0) is 44.2 Å². The lowest BCUT2D eigenvalue weighted by molar-refractivity contribution is 0.187. The van der Waals surface area contributed by atoms with Crippen LogP contribution in [0.4, 0.5) is 4.39 Å². The zero-order chi connectivity index (χ0) is 15.4. The van der Waals surface area contributed by atoms with Crippen LogP contribution in [0, 0.1) is 11.7 Å². The molecule has 0 heterocycles. The highest BCUT2D eigenvalue weighted by molar-refractivity contribution is 5.25. The first kappa shape index (κ1) is 16.4. The van der Waals surface area contributed by atoms with Crippen molar-refractivity contribution in [2.24, 2.45) is 5.92 Å². The molecule has 1 aromatic rings. The molecule has 1 aromatic carbocycles. The summed E-state index contributed by atoms with van der Waals surface area (Å²) in [5.41, 5.74) is 2.01. The molecular weight excluding hydrogens is 263 g/mol. The fourth-order valence-corrected chi connectivity index (χ4v) is 2.55. The van der Waals surface area contributed by atoms with Crippen molar-refractivity contribution >= 4 is 0 Å². The summed E-state index contributed by atoms with van der Waals surface area (Å²) < 4.78 is 14.1. The number of hydrogen-bond donors (Lipinski definition) is 1. The Morgan fingerprint density at radius 3 is 2.52 bits per heavy atom. The fourth-order valence-electron chi connectivity index (χ4n) is 2.55. The van der Waals surface area contributed by atoms with Gasteiger partial charge in [-0.2, -0.15) is 0 Å². The molecule has 1 N–H and O–H groups in total. The van der Waals surface area contributed by atoms with Gasteiger partial charge in [-0.15, -0.1) is 0 Å². The molecule has 1 fully saturated rings. The normalized spacial score (nSPS) is 15.4. The second-order valence-electron chi connectivity index (χ2n) is 7.00. The number of nitrogens with zero attached hydrogens (tertiary/aromatic N) is 1. The van der Waals surface area contributed by atoms with E-state index in [2.05, 4.69) is 37.9 Å². The summed E-state index contributed by atoms with van der Waals surface area (Å²) in [6, 6.07) is 6.66. The third-order valence-electron chi connectivity index (χ3n) is 3.99. The van der Waals surface area contributed by atoms with Crippen LogP contribution in [0.25, 0.3) is 0 Å². The molecule has 0 spiro atoms. The molecule has 3 heteroatoms. The van der Waals surface area contributed by atoms with E-state index in [1.54, 1.807) is 6.07 Å². The molecule has 1 saturated carbocycles. The Bertz CT molecular complexity index is 453. The van der Waals surface area contributed by atoms with Crippen LogP contribution < -0.4 is 5.32 Å². The van der Waals surface area contributed by atoms with Crippen molar-refractivity contribution in [3.8, 4) is 0 Å². The van der Waals surface area contributed by atoms with E-state index in [-0.39, 0.29) is 5.82 Å². The van der Waals surface area contributed by atoms with Gasteiger partial charge in [0.1, 0.15) is 5.82 Å². The van der Waals surface area contributed by atoms with Crippen molar-refractivity contribution < 1.29 is 4.39 Å². The number of rotatable bonds is 8. The zero-order valence-corrected chi connectivity index (χ0v) is 13.8. The standard InChI is InChI=1S/C18H29FN2/c1-13(2)11-21(14(3)4)12-16-9-15(5-8-18(16)19)10-20-17-6-7-17/h5,8-9,13-14,17,20H,6-7,10-12H2,1-4H3. The quantitative estimate of drug-likeness (QED) is 0.780. The van der Waals surface area contributed by atoms with Crippen LogP contribution in [0.2, 0.25) is 0 Å². The lowest BCUT2D eigenvalue weighted by Gasteiger charge is -2.28. The average Bonchev–Trinajstić information content (AvgIpc) is 3.22. The third-order valence-corrected chi connectivity index (χ3v) is 3.99. The molecule has 0 saturated heterocycles. The van der Waals surface area contributed by atoms with E-state index in [1.807, 2.05) is 12.1 Å². The van der Waals surface area contributed by atoms with Crippen LogP contribution in [-0.2, 0) is 13.1 Å². The van der Waals surface area contributed by atoms with Crippen LogP contribution in [0.3, 0.4) is 0 Å². The van der Waals surface area contributed by atoms with E-state index in [0.717, 1.165) is 18.7 Å². The van der Waals surface area contributed by atoms with Crippen LogP contribution in [0.1, 0.15) is 51.7 Å². The molecule has 0 bridgehead atoms. The van der Waals surface area contributed by atoms with Crippen molar-refractivity contribution in [1.29, 1.82) is 0 Å². The Morgan fingerprint density at radius 2 is 1.95 bits per heavy atom. The first-order chi connectivity index (χ1) is 9.95. The smallest absolute Gasteiger partial charge is 0.127 e. The molecule has 1 aliphatic carbocycles. The van der Waals surface area contributed by atoms with Gasteiger partial charge in [0.25, 0.3) is 0 Å². The summed E-state index contributed by atoms with van der Waals surface area (Å²) in [5.74, 6) is 0.509. The van der Waals surface area contributed by atoms with Crippen molar-refractivity contribution in [3.05, 3.63) is 35.1 Å². The maximum absolute atomic E-state index is 14.1. The largest absolute Gasteiger partial charge is 0.310 e. The van der Waals surface area contributed by atoms with Gasteiger partial charge in [0.15, 0.2) is 0 Å². The minimum Gasteiger partial charge on any atom is -0.310 e. The Hall–Kier alpha value is -0.930. The maximum atomic E-state index is 14.1. The predicted molar refractivity (Wildman–Crippen MR) is 86.6 cm³/mol. The molecule has 0 aliphatic heterocycles. The van der Waals surface area contributed by atoms with Crippen molar-refractivity contribution in [2.45, 2.75) is 65.7 Å². The van der Waals surface area contributed by atoms with E-state index in [9.17, 15) is 4.39 Å². The van der Waals surface area contributed by atoms with Crippen molar-refractivity contribution in [2.75, 3.05) is 6.54 Å². The molecule has 2 nitrogen and oxygen atoms in total. The Labute approximate surface area is 128 Å². The molecule has 0 aromatic heterocycles. The second kappa shape index (κ2) is 7.37. The molecule has 118 valence electrons. The lowest BCUT2D eigenvalue weighted by atomic mass is 10.1. The summed E-state index contributed by atoms with van der Waals surface area (Å²) >= 11 is 0. The molecular formula is C18H29FN2. The van der Waals surface area contributed by atoms with Gasteiger partial charge in [0, 0.05) is 37.3 Å². The Balaban J connectivity index is 2.03. The molecule has 1 aliphatic rings. The number of halogens is 1. The van der Waals surface area contributed by atoms with Gasteiger partial charge in [-0.3, -0.25) is 4.90 Å². The first-order valence-electron chi connectivity index (χ1n) is 8.20. The van der Waals surface area contributed by atoms with Gasteiger partial charge >= 0.3 is 0 Å². The third kappa shape index (κ3) is 5.40. The van der Waals surface area contributed by atoms with Crippen LogP contribution in [0.5, 0.6) is 0 Å². The highest BCUT2D eigenvalue weighted by Crippen LogP contribution is 2.20. The number of hydrogen-bond acceptors (Lipinski definition) is 2. The molecule has 2 rings (SSSR count). The highest BCUT2D eigenvalue weighted by Gasteiger charge is 2.20. The van der Waals surface area contributed by atoms with Crippen molar-refractivity contribution in [1.82, 2.24) is 10.2 Å². The minimum atomic E-state index is -0.0837. The SMILES string of the molecule is CC(C)CN(Cc1cc(CNC2CC2)ccc1F)C(C)C. The first-order valence-corrected chi connectivity index (χ1v) is 8.20. The van der Waals surface area contributed by atoms with Gasteiger partial charge in [-0.25, -0.2) is 4.39 Å². The van der Waals surface area contributed by atoms with Gasteiger partial charge in [0.05, 0.1) is 0 Å². The van der Waals surface area contributed by atoms with Gasteiger partial charge in [-0.1, -0.05) is 26.0 Å². The highest BCUT2D eigenvalue weighted by atomic mass is 19.1. The number of nitrogens with one attached hydrogen (secondary N) is 1. The van der Waals surface area contributed by atoms with E-state index in [1.165, 1.54) is 18.4 Å². The fraction of sp³-hybridized carbons (Fsp3) is 0.667. The maximum Gasteiger partial charge on any atom is 0.127 e. The molecule has 0 unspecified atom stereocenters. The topological polar surface area (TPSA) is 15.3 Å². The zero-order valence-electron chi connectivity index (χ0n) is 13.8. The Kier molecular flexibility index (Phi) is 5.77. The predicted octanol–water partition coefficient (Wildman–Crippen LogP) is 3.94. The van der Waals surface area contributed by atoms with E-state index >= 15 is 0 Å². The monoisotopic (exact) mass is 292 g/mol. The van der Waals surface area contributed by atoms with Crippen LogP contribution >= 0.6 is 0 Å². The minimum absolute atomic E-state index is 0.0837. The van der Waals surface area contributed by atoms with E-state index < -0.39 is 0 Å².